The van der Waals surface area contributed by atoms with Crippen LogP contribution in [0.15, 0.2) is 42.6 Å². The van der Waals surface area contributed by atoms with Crippen LogP contribution >= 0.6 is 11.6 Å². The SMILES string of the molecule is CC(O)(CNc1cc(C(F)(F)F)ccn1)c1ccccc1Cl. The van der Waals surface area contributed by atoms with E-state index in [1.165, 1.54) is 6.92 Å². The normalized spacial score (nSPS) is 14.5. The Hall–Kier alpha value is -1.79. The van der Waals surface area contributed by atoms with Crippen LogP contribution in [-0.2, 0) is 11.8 Å². The molecule has 0 saturated carbocycles. The third-order valence-electron chi connectivity index (χ3n) is 3.16. The molecule has 0 spiro atoms. The second-order valence-electron chi connectivity index (χ2n) is 5.03. The molecule has 2 rings (SSSR count). The molecule has 2 N–H and O–H groups in total. The Morgan fingerprint density at radius 2 is 1.91 bits per heavy atom. The van der Waals surface area contributed by atoms with Crippen molar-refractivity contribution in [2.75, 3.05) is 11.9 Å². The molecule has 1 unspecified atom stereocenters. The first-order chi connectivity index (χ1) is 10.2. The smallest absolute Gasteiger partial charge is 0.384 e. The van der Waals surface area contributed by atoms with Gasteiger partial charge in [-0.3, -0.25) is 0 Å². The number of benzene rings is 1. The minimum Gasteiger partial charge on any atom is -0.384 e. The average Bonchev–Trinajstić information content (AvgIpc) is 2.45. The van der Waals surface area contributed by atoms with Gasteiger partial charge in [-0.2, -0.15) is 13.2 Å². The van der Waals surface area contributed by atoms with E-state index in [0.717, 1.165) is 18.3 Å². The summed E-state index contributed by atoms with van der Waals surface area (Å²) in [5.74, 6) is 0.0298. The summed E-state index contributed by atoms with van der Waals surface area (Å²) < 4.78 is 37.9. The molecule has 0 aliphatic rings. The molecule has 118 valence electrons. The standard InChI is InChI=1S/C15H14ClF3N2O/c1-14(22,11-4-2-3-5-12(11)16)9-21-13-8-10(6-7-20-13)15(17,18)19/h2-8,22H,9H2,1H3,(H,20,21). The Morgan fingerprint density at radius 1 is 1.23 bits per heavy atom. The number of pyridine rings is 1. The fourth-order valence-corrected chi connectivity index (χ4v) is 2.30. The summed E-state index contributed by atoms with van der Waals surface area (Å²) in [5.41, 5.74) is -1.67. The topological polar surface area (TPSA) is 45.1 Å². The van der Waals surface area contributed by atoms with Crippen LogP contribution in [-0.4, -0.2) is 16.6 Å². The fraction of sp³-hybridized carbons (Fsp3) is 0.267. The number of anilines is 1. The van der Waals surface area contributed by atoms with Crippen molar-refractivity contribution in [2.24, 2.45) is 0 Å². The Balaban J connectivity index is 2.14. The summed E-state index contributed by atoms with van der Waals surface area (Å²) in [5, 5.41) is 13.5. The van der Waals surface area contributed by atoms with Crippen LogP contribution in [0.2, 0.25) is 5.02 Å². The number of alkyl halides is 3. The third kappa shape index (κ3) is 3.90. The van der Waals surface area contributed by atoms with Crippen molar-refractivity contribution >= 4 is 17.4 Å². The van der Waals surface area contributed by atoms with Gasteiger partial charge in [0.05, 0.1) is 5.56 Å². The van der Waals surface area contributed by atoms with Gasteiger partial charge < -0.3 is 10.4 Å². The first kappa shape index (κ1) is 16.6. The molecule has 0 aliphatic carbocycles. The number of halogens is 4. The van der Waals surface area contributed by atoms with Crippen LogP contribution in [0.5, 0.6) is 0 Å². The Kier molecular flexibility index (Phi) is 4.63. The van der Waals surface area contributed by atoms with Gasteiger partial charge in [0, 0.05) is 23.3 Å². The second kappa shape index (κ2) is 6.14. The van der Waals surface area contributed by atoms with Gasteiger partial charge >= 0.3 is 6.18 Å². The molecule has 0 saturated heterocycles. The van der Waals surface area contributed by atoms with E-state index < -0.39 is 17.3 Å². The second-order valence-corrected chi connectivity index (χ2v) is 5.44. The number of hydrogen-bond acceptors (Lipinski definition) is 3. The summed E-state index contributed by atoms with van der Waals surface area (Å²) >= 11 is 6.02. The molecule has 1 atom stereocenters. The van der Waals surface area contributed by atoms with Crippen LogP contribution in [0.1, 0.15) is 18.1 Å². The van der Waals surface area contributed by atoms with Crippen molar-refractivity contribution in [3.05, 3.63) is 58.7 Å². The van der Waals surface area contributed by atoms with Crippen LogP contribution < -0.4 is 5.32 Å². The number of aromatic nitrogens is 1. The number of hydrogen-bond donors (Lipinski definition) is 2. The minimum absolute atomic E-state index is 0.0298. The van der Waals surface area contributed by atoms with E-state index in [1.54, 1.807) is 24.3 Å². The first-order valence-electron chi connectivity index (χ1n) is 6.45. The highest BCUT2D eigenvalue weighted by Crippen LogP contribution is 2.31. The zero-order valence-corrected chi connectivity index (χ0v) is 12.4. The summed E-state index contributed by atoms with van der Waals surface area (Å²) in [4.78, 5) is 3.82. The molecule has 0 bridgehead atoms. The first-order valence-corrected chi connectivity index (χ1v) is 6.82. The maximum absolute atomic E-state index is 12.6. The van der Waals surface area contributed by atoms with E-state index in [1.807, 2.05) is 0 Å². The molecule has 0 radical (unpaired) electrons. The number of rotatable bonds is 4. The van der Waals surface area contributed by atoms with Gasteiger partial charge in [0.25, 0.3) is 0 Å². The quantitative estimate of drug-likeness (QED) is 0.888. The fourth-order valence-electron chi connectivity index (χ4n) is 1.96. The zero-order chi connectivity index (χ0) is 16.4. The van der Waals surface area contributed by atoms with Crippen molar-refractivity contribution in [3.8, 4) is 0 Å². The largest absolute Gasteiger partial charge is 0.416 e. The summed E-state index contributed by atoms with van der Waals surface area (Å²) in [6, 6.07) is 8.51. The van der Waals surface area contributed by atoms with Gasteiger partial charge in [0.1, 0.15) is 11.4 Å². The lowest BCUT2D eigenvalue weighted by atomic mass is 9.96. The molecule has 2 aromatic rings. The lowest BCUT2D eigenvalue weighted by molar-refractivity contribution is -0.137. The van der Waals surface area contributed by atoms with Crippen LogP contribution in [0.25, 0.3) is 0 Å². The van der Waals surface area contributed by atoms with Crippen molar-refractivity contribution in [3.63, 3.8) is 0 Å². The molecule has 1 aromatic carbocycles. The summed E-state index contributed by atoms with van der Waals surface area (Å²) in [6.07, 6.45) is -3.38. The highest BCUT2D eigenvalue weighted by Gasteiger charge is 2.31. The monoisotopic (exact) mass is 330 g/mol. The molecule has 3 nitrogen and oxygen atoms in total. The summed E-state index contributed by atoms with van der Waals surface area (Å²) in [6.45, 7) is 1.49. The molecule has 0 fully saturated rings. The Morgan fingerprint density at radius 3 is 2.55 bits per heavy atom. The molecular weight excluding hydrogens is 317 g/mol. The highest BCUT2D eigenvalue weighted by molar-refractivity contribution is 6.31. The van der Waals surface area contributed by atoms with Crippen LogP contribution in [0.4, 0.5) is 19.0 Å². The number of nitrogens with one attached hydrogen (secondary N) is 1. The predicted octanol–water partition coefficient (Wildman–Crippen LogP) is 4.07. The molecule has 1 aromatic heterocycles. The van der Waals surface area contributed by atoms with Crippen molar-refractivity contribution in [2.45, 2.75) is 18.7 Å². The number of nitrogens with zero attached hydrogens (tertiary/aromatic N) is 1. The Bertz CT molecular complexity index is 659. The van der Waals surface area contributed by atoms with Gasteiger partial charge in [0.2, 0.25) is 0 Å². The van der Waals surface area contributed by atoms with E-state index in [0.29, 0.717) is 10.6 Å². The average molecular weight is 331 g/mol. The van der Waals surface area contributed by atoms with Crippen molar-refractivity contribution in [1.29, 1.82) is 0 Å². The van der Waals surface area contributed by atoms with Crippen molar-refractivity contribution in [1.82, 2.24) is 4.98 Å². The van der Waals surface area contributed by atoms with E-state index in [2.05, 4.69) is 10.3 Å². The lowest BCUT2D eigenvalue weighted by Crippen LogP contribution is -2.31. The lowest BCUT2D eigenvalue weighted by Gasteiger charge is -2.25. The maximum atomic E-state index is 12.6. The van der Waals surface area contributed by atoms with E-state index in [9.17, 15) is 18.3 Å². The summed E-state index contributed by atoms with van der Waals surface area (Å²) in [7, 11) is 0. The predicted molar refractivity (Wildman–Crippen MR) is 78.8 cm³/mol. The molecule has 0 amide bonds. The van der Waals surface area contributed by atoms with E-state index >= 15 is 0 Å². The van der Waals surface area contributed by atoms with E-state index in [-0.39, 0.29) is 12.4 Å². The molecule has 7 heteroatoms. The molecular formula is C15H14ClF3N2O. The number of aliphatic hydroxyl groups is 1. The third-order valence-corrected chi connectivity index (χ3v) is 3.48. The minimum atomic E-state index is -4.44. The van der Waals surface area contributed by atoms with Gasteiger partial charge in [-0.05, 0) is 25.1 Å². The van der Waals surface area contributed by atoms with Gasteiger partial charge in [0.15, 0.2) is 0 Å². The molecule has 1 heterocycles. The van der Waals surface area contributed by atoms with Gasteiger partial charge in [-0.1, -0.05) is 29.8 Å². The van der Waals surface area contributed by atoms with Gasteiger partial charge in [-0.15, -0.1) is 0 Å². The van der Waals surface area contributed by atoms with Crippen molar-refractivity contribution < 1.29 is 18.3 Å². The highest BCUT2D eigenvalue weighted by atomic mass is 35.5. The van der Waals surface area contributed by atoms with Crippen LogP contribution in [0.3, 0.4) is 0 Å². The van der Waals surface area contributed by atoms with Crippen LogP contribution in [0, 0.1) is 0 Å². The van der Waals surface area contributed by atoms with E-state index in [4.69, 9.17) is 11.6 Å². The molecule has 22 heavy (non-hydrogen) atoms. The maximum Gasteiger partial charge on any atom is 0.416 e. The van der Waals surface area contributed by atoms with Gasteiger partial charge in [-0.25, -0.2) is 4.98 Å². The zero-order valence-electron chi connectivity index (χ0n) is 11.7. The Labute approximate surface area is 130 Å². The molecule has 0 aliphatic heterocycles.